The number of halogens is 2. The van der Waals surface area contributed by atoms with Crippen LogP contribution in [0.5, 0.6) is 0 Å². The highest BCUT2D eigenvalue weighted by Crippen LogP contribution is 2.49. The number of pyridine rings is 1. The molecule has 0 aliphatic heterocycles. The summed E-state index contributed by atoms with van der Waals surface area (Å²) in [5, 5.41) is 2.56. The van der Waals surface area contributed by atoms with Gasteiger partial charge >= 0.3 is 0 Å². The van der Waals surface area contributed by atoms with Gasteiger partial charge in [-0.1, -0.05) is 12.1 Å². The number of aryl methyl sites for hydroxylation is 2. The molecule has 114 valence electrons. The first-order valence-corrected chi connectivity index (χ1v) is 7.09. The smallest absolute Gasteiger partial charge is 0.260 e. The topological polar surface area (TPSA) is 42.0 Å². The molecule has 1 N–H and O–H groups in total. The maximum Gasteiger partial charge on any atom is 0.260 e. The molecule has 1 aromatic heterocycles. The molecule has 1 saturated carbocycles. The van der Waals surface area contributed by atoms with Crippen molar-refractivity contribution >= 4 is 11.6 Å². The molecule has 2 aromatic rings. The molecule has 5 heteroatoms. The monoisotopic (exact) mass is 302 g/mol. The SMILES string of the molecule is Cc1ccc(-c2cc(NC(=O)[C@@H]3CC3(F)F)ccc2C)nc1. The first kappa shape index (κ1) is 14.6. The van der Waals surface area contributed by atoms with Crippen molar-refractivity contribution in [3.05, 3.63) is 47.7 Å². The molecule has 0 bridgehead atoms. The van der Waals surface area contributed by atoms with E-state index in [-0.39, 0.29) is 6.42 Å². The average molecular weight is 302 g/mol. The van der Waals surface area contributed by atoms with Gasteiger partial charge in [-0.05, 0) is 43.2 Å². The van der Waals surface area contributed by atoms with E-state index in [0.29, 0.717) is 5.69 Å². The summed E-state index contributed by atoms with van der Waals surface area (Å²) in [7, 11) is 0. The summed E-state index contributed by atoms with van der Waals surface area (Å²) in [5.74, 6) is -4.68. The number of carbonyl (C=O) groups excluding carboxylic acids is 1. The van der Waals surface area contributed by atoms with Gasteiger partial charge in [0.1, 0.15) is 5.92 Å². The Kier molecular flexibility index (Phi) is 3.43. The molecule has 1 amide bonds. The van der Waals surface area contributed by atoms with Crippen LogP contribution < -0.4 is 5.32 Å². The van der Waals surface area contributed by atoms with Crippen molar-refractivity contribution in [1.29, 1.82) is 0 Å². The number of benzene rings is 1. The van der Waals surface area contributed by atoms with Crippen molar-refractivity contribution < 1.29 is 13.6 Å². The number of hydrogen-bond acceptors (Lipinski definition) is 2. The van der Waals surface area contributed by atoms with E-state index >= 15 is 0 Å². The predicted molar refractivity (Wildman–Crippen MR) is 80.8 cm³/mol. The predicted octanol–water partition coefficient (Wildman–Crippen LogP) is 3.96. The molecule has 1 heterocycles. The van der Waals surface area contributed by atoms with E-state index in [0.717, 1.165) is 22.4 Å². The van der Waals surface area contributed by atoms with Crippen molar-refractivity contribution in [1.82, 2.24) is 4.98 Å². The van der Waals surface area contributed by atoms with Crippen molar-refractivity contribution in [2.75, 3.05) is 5.32 Å². The second-order valence-corrected chi connectivity index (χ2v) is 5.76. The Hall–Kier alpha value is -2.30. The molecule has 1 atom stereocenters. The standard InChI is InChI=1S/C17H16F2N2O/c1-10-3-6-15(20-9-10)13-7-12(5-4-11(13)2)21-16(22)14-8-17(14,18)19/h3-7,9,14H,8H2,1-2H3,(H,21,22)/t14-/m0/s1. The lowest BCUT2D eigenvalue weighted by atomic mass is 10.0. The molecule has 1 aliphatic carbocycles. The minimum atomic E-state index is -2.85. The van der Waals surface area contributed by atoms with Crippen LogP contribution in [0.25, 0.3) is 11.3 Å². The maximum absolute atomic E-state index is 12.9. The van der Waals surface area contributed by atoms with E-state index in [1.165, 1.54) is 0 Å². The van der Waals surface area contributed by atoms with Crippen LogP contribution in [-0.4, -0.2) is 16.8 Å². The Labute approximate surface area is 127 Å². The number of rotatable bonds is 3. The molecule has 0 unspecified atom stereocenters. The number of hydrogen-bond donors (Lipinski definition) is 1. The lowest BCUT2D eigenvalue weighted by Gasteiger charge is -2.10. The van der Waals surface area contributed by atoms with Crippen molar-refractivity contribution in [3.8, 4) is 11.3 Å². The maximum atomic E-state index is 12.9. The number of nitrogens with zero attached hydrogens (tertiary/aromatic N) is 1. The summed E-state index contributed by atoms with van der Waals surface area (Å²) in [6, 6.07) is 9.19. The van der Waals surface area contributed by atoms with Gasteiger partial charge in [-0.2, -0.15) is 0 Å². The Balaban J connectivity index is 1.84. The van der Waals surface area contributed by atoms with E-state index in [4.69, 9.17) is 0 Å². The molecule has 0 radical (unpaired) electrons. The van der Waals surface area contributed by atoms with Gasteiger partial charge in [0.05, 0.1) is 5.69 Å². The highest BCUT2D eigenvalue weighted by molar-refractivity contribution is 5.95. The van der Waals surface area contributed by atoms with Crippen LogP contribution >= 0.6 is 0 Å². The first-order valence-electron chi connectivity index (χ1n) is 7.09. The van der Waals surface area contributed by atoms with E-state index < -0.39 is 17.7 Å². The van der Waals surface area contributed by atoms with E-state index in [1.54, 1.807) is 18.3 Å². The van der Waals surface area contributed by atoms with Crippen molar-refractivity contribution in [2.24, 2.45) is 5.92 Å². The number of alkyl halides is 2. The number of carbonyl (C=O) groups is 1. The molecule has 22 heavy (non-hydrogen) atoms. The van der Waals surface area contributed by atoms with E-state index in [1.807, 2.05) is 32.0 Å². The first-order chi connectivity index (χ1) is 10.4. The molecule has 1 aliphatic rings. The summed E-state index contributed by atoms with van der Waals surface area (Å²) in [5.41, 5.74) is 4.24. The van der Waals surface area contributed by atoms with Crippen LogP contribution in [0.1, 0.15) is 17.5 Å². The summed E-state index contributed by atoms with van der Waals surface area (Å²) >= 11 is 0. The zero-order chi connectivity index (χ0) is 15.9. The third-order valence-electron chi connectivity index (χ3n) is 3.83. The van der Waals surface area contributed by atoms with E-state index in [9.17, 15) is 13.6 Å². The molecule has 3 rings (SSSR count). The number of nitrogens with one attached hydrogen (secondary N) is 1. The van der Waals surface area contributed by atoms with Crippen molar-refractivity contribution in [3.63, 3.8) is 0 Å². The minimum Gasteiger partial charge on any atom is -0.326 e. The van der Waals surface area contributed by atoms with Gasteiger partial charge in [0.15, 0.2) is 0 Å². The minimum absolute atomic E-state index is 0.364. The van der Waals surface area contributed by atoms with Gasteiger partial charge < -0.3 is 5.32 Å². The Morgan fingerprint density at radius 2 is 2.00 bits per heavy atom. The fraction of sp³-hybridized carbons (Fsp3) is 0.294. The normalized spacial score (nSPS) is 18.8. The Morgan fingerprint density at radius 3 is 2.59 bits per heavy atom. The van der Waals surface area contributed by atoms with Gasteiger partial charge in [0.25, 0.3) is 5.92 Å². The van der Waals surface area contributed by atoms with Gasteiger partial charge in [0.2, 0.25) is 5.91 Å². The summed E-state index contributed by atoms with van der Waals surface area (Å²) in [6.07, 6.45) is 1.40. The number of amides is 1. The molecular weight excluding hydrogens is 286 g/mol. The number of aromatic nitrogens is 1. The third-order valence-corrected chi connectivity index (χ3v) is 3.83. The molecule has 1 aromatic carbocycles. The Morgan fingerprint density at radius 1 is 1.27 bits per heavy atom. The van der Waals surface area contributed by atoms with E-state index in [2.05, 4.69) is 10.3 Å². The van der Waals surface area contributed by atoms with Gasteiger partial charge in [-0.15, -0.1) is 0 Å². The largest absolute Gasteiger partial charge is 0.326 e. The highest BCUT2D eigenvalue weighted by Gasteiger charge is 2.61. The molecule has 0 saturated heterocycles. The number of anilines is 1. The van der Waals surface area contributed by atoms with Gasteiger partial charge in [-0.25, -0.2) is 8.78 Å². The average Bonchev–Trinajstić information content (AvgIpc) is 3.11. The van der Waals surface area contributed by atoms with Gasteiger partial charge in [-0.3, -0.25) is 9.78 Å². The van der Waals surface area contributed by atoms with Crippen LogP contribution in [0.4, 0.5) is 14.5 Å². The molecule has 1 fully saturated rings. The third kappa shape index (κ3) is 2.84. The second-order valence-electron chi connectivity index (χ2n) is 5.76. The summed E-state index contributed by atoms with van der Waals surface area (Å²) < 4.78 is 25.8. The zero-order valence-corrected chi connectivity index (χ0v) is 12.4. The van der Waals surface area contributed by atoms with Crippen LogP contribution in [-0.2, 0) is 4.79 Å². The zero-order valence-electron chi connectivity index (χ0n) is 12.4. The summed E-state index contributed by atoms with van der Waals surface area (Å²) in [6.45, 7) is 3.90. The quantitative estimate of drug-likeness (QED) is 0.932. The van der Waals surface area contributed by atoms with Crippen LogP contribution in [0.3, 0.4) is 0 Å². The van der Waals surface area contributed by atoms with Gasteiger partial charge in [0, 0.05) is 23.9 Å². The fourth-order valence-corrected chi connectivity index (χ4v) is 2.33. The van der Waals surface area contributed by atoms with Crippen LogP contribution in [0, 0.1) is 19.8 Å². The molecule has 3 nitrogen and oxygen atoms in total. The molecular formula is C17H16F2N2O. The Bertz CT molecular complexity index is 726. The second kappa shape index (κ2) is 5.16. The highest BCUT2D eigenvalue weighted by atomic mass is 19.3. The molecule has 0 spiro atoms. The van der Waals surface area contributed by atoms with Crippen molar-refractivity contribution in [2.45, 2.75) is 26.2 Å². The summed E-state index contributed by atoms with van der Waals surface area (Å²) in [4.78, 5) is 16.1. The lowest BCUT2D eigenvalue weighted by Crippen LogP contribution is -2.17. The fourth-order valence-electron chi connectivity index (χ4n) is 2.33. The van der Waals surface area contributed by atoms with Crippen LogP contribution in [0.15, 0.2) is 36.5 Å². The lowest BCUT2D eigenvalue weighted by molar-refractivity contribution is -0.119. The van der Waals surface area contributed by atoms with Crippen LogP contribution in [0.2, 0.25) is 0 Å².